The van der Waals surface area contributed by atoms with Crippen LogP contribution in [0.5, 0.6) is 5.75 Å². The van der Waals surface area contributed by atoms with E-state index in [1.54, 1.807) is 12.1 Å². The van der Waals surface area contributed by atoms with Gasteiger partial charge in [0.15, 0.2) is 0 Å². The summed E-state index contributed by atoms with van der Waals surface area (Å²) in [5.74, 6) is -0.595. The Balaban J connectivity index is 2.15. The van der Waals surface area contributed by atoms with Crippen LogP contribution in [-0.4, -0.2) is 24.1 Å². The van der Waals surface area contributed by atoms with Gasteiger partial charge in [-0.05, 0) is 36.4 Å². The van der Waals surface area contributed by atoms with Crippen LogP contribution in [0.3, 0.4) is 0 Å². The number of hydrogen-bond donors (Lipinski definition) is 2. The second kappa shape index (κ2) is 6.42. The Hall–Kier alpha value is -3.02. The lowest BCUT2D eigenvalue weighted by Crippen LogP contribution is -2.10. The molecule has 1 amide bonds. The Kier molecular flexibility index (Phi) is 4.40. The predicted octanol–water partition coefficient (Wildman–Crippen LogP) is 2.64. The molecule has 6 nitrogen and oxygen atoms in total. The van der Waals surface area contributed by atoms with Crippen LogP contribution in [0.15, 0.2) is 47.1 Å². The standard InChI is InChI=1S/C15H13NO5/c1-20-13-6-4-10(15(18)19)9-12(13)16-14(17)7-5-11-3-2-8-21-11/h2-9H,1H3,(H,16,17)(H,18,19). The summed E-state index contributed by atoms with van der Waals surface area (Å²) in [4.78, 5) is 22.8. The number of methoxy groups -OCH3 is 1. The van der Waals surface area contributed by atoms with Gasteiger partial charge >= 0.3 is 5.97 Å². The van der Waals surface area contributed by atoms with Crippen LogP contribution in [0.1, 0.15) is 16.1 Å². The average Bonchev–Trinajstić information content (AvgIpc) is 2.98. The van der Waals surface area contributed by atoms with E-state index in [1.807, 2.05) is 0 Å². The molecule has 108 valence electrons. The third-order valence-electron chi connectivity index (χ3n) is 2.65. The Labute approximate surface area is 120 Å². The molecule has 2 aromatic rings. The van der Waals surface area contributed by atoms with Gasteiger partial charge in [-0.1, -0.05) is 0 Å². The number of carbonyl (C=O) groups excluding carboxylic acids is 1. The molecule has 2 N–H and O–H groups in total. The number of hydrogen-bond acceptors (Lipinski definition) is 4. The molecule has 0 saturated heterocycles. The van der Waals surface area contributed by atoms with E-state index >= 15 is 0 Å². The van der Waals surface area contributed by atoms with Crippen molar-refractivity contribution in [1.29, 1.82) is 0 Å². The number of nitrogens with one attached hydrogen (secondary N) is 1. The van der Waals surface area contributed by atoms with Crippen LogP contribution >= 0.6 is 0 Å². The summed E-state index contributed by atoms with van der Waals surface area (Å²) in [7, 11) is 1.43. The van der Waals surface area contributed by atoms with Gasteiger partial charge in [0.25, 0.3) is 0 Å². The third kappa shape index (κ3) is 3.73. The molecule has 0 aliphatic heterocycles. The lowest BCUT2D eigenvalue weighted by atomic mass is 10.2. The normalized spacial score (nSPS) is 10.5. The summed E-state index contributed by atoms with van der Waals surface area (Å²) >= 11 is 0. The van der Waals surface area contributed by atoms with E-state index in [1.165, 1.54) is 43.7 Å². The van der Waals surface area contributed by atoms with E-state index in [0.717, 1.165) is 0 Å². The van der Waals surface area contributed by atoms with Crippen molar-refractivity contribution in [2.45, 2.75) is 0 Å². The molecule has 0 fully saturated rings. The monoisotopic (exact) mass is 287 g/mol. The molecular weight excluding hydrogens is 274 g/mol. The lowest BCUT2D eigenvalue weighted by Gasteiger charge is -2.09. The summed E-state index contributed by atoms with van der Waals surface area (Å²) in [5.41, 5.74) is 0.340. The third-order valence-corrected chi connectivity index (χ3v) is 2.65. The molecular formula is C15H13NO5. The first-order chi connectivity index (χ1) is 10.1. The van der Waals surface area contributed by atoms with E-state index in [0.29, 0.717) is 11.5 Å². The summed E-state index contributed by atoms with van der Waals surface area (Å²) < 4.78 is 10.1. The lowest BCUT2D eigenvalue weighted by molar-refractivity contribution is -0.111. The van der Waals surface area contributed by atoms with Crippen LogP contribution in [-0.2, 0) is 4.79 Å². The van der Waals surface area contributed by atoms with Crippen molar-refractivity contribution >= 4 is 23.6 Å². The highest BCUT2D eigenvalue weighted by atomic mass is 16.5. The van der Waals surface area contributed by atoms with Gasteiger partial charge in [0.1, 0.15) is 11.5 Å². The number of amides is 1. The average molecular weight is 287 g/mol. The fourth-order valence-corrected chi connectivity index (χ4v) is 1.66. The van der Waals surface area contributed by atoms with Gasteiger partial charge in [0.05, 0.1) is 24.6 Å². The summed E-state index contributed by atoms with van der Waals surface area (Å²) in [6, 6.07) is 7.62. The van der Waals surface area contributed by atoms with Crippen LogP contribution in [0.2, 0.25) is 0 Å². The first-order valence-electron chi connectivity index (χ1n) is 6.04. The number of carbonyl (C=O) groups is 2. The zero-order valence-electron chi connectivity index (χ0n) is 11.2. The van der Waals surface area contributed by atoms with E-state index in [9.17, 15) is 9.59 Å². The highest BCUT2D eigenvalue weighted by molar-refractivity contribution is 6.03. The first kappa shape index (κ1) is 14.4. The fraction of sp³-hybridized carbons (Fsp3) is 0.0667. The molecule has 1 aromatic heterocycles. The van der Waals surface area contributed by atoms with Gasteiger partial charge in [-0.25, -0.2) is 4.79 Å². The zero-order chi connectivity index (χ0) is 15.2. The Bertz CT molecular complexity index is 673. The number of ether oxygens (including phenoxy) is 1. The molecule has 0 spiro atoms. The Morgan fingerprint density at radius 3 is 2.76 bits per heavy atom. The maximum atomic E-state index is 11.8. The van der Waals surface area contributed by atoms with Crippen molar-refractivity contribution in [2.24, 2.45) is 0 Å². The minimum atomic E-state index is -1.08. The van der Waals surface area contributed by atoms with Gasteiger partial charge < -0.3 is 19.6 Å². The van der Waals surface area contributed by atoms with Gasteiger partial charge in [0, 0.05) is 6.08 Å². The minimum Gasteiger partial charge on any atom is -0.495 e. The number of aromatic carboxylic acids is 1. The predicted molar refractivity (Wildman–Crippen MR) is 76.3 cm³/mol. The quantitative estimate of drug-likeness (QED) is 0.825. The fourth-order valence-electron chi connectivity index (χ4n) is 1.66. The molecule has 1 heterocycles. The molecule has 0 aliphatic rings. The second-order valence-corrected chi connectivity index (χ2v) is 4.06. The van der Waals surface area contributed by atoms with Gasteiger partial charge in [-0.3, -0.25) is 4.79 Å². The Morgan fingerprint density at radius 2 is 2.14 bits per heavy atom. The minimum absolute atomic E-state index is 0.0566. The molecule has 0 saturated carbocycles. The van der Waals surface area contributed by atoms with Gasteiger partial charge in [0.2, 0.25) is 5.91 Å². The van der Waals surface area contributed by atoms with Crippen molar-refractivity contribution in [3.05, 3.63) is 54.0 Å². The highest BCUT2D eigenvalue weighted by Crippen LogP contribution is 2.25. The maximum Gasteiger partial charge on any atom is 0.335 e. The van der Waals surface area contributed by atoms with Crippen molar-refractivity contribution in [1.82, 2.24) is 0 Å². The first-order valence-corrected chi connectivity index (χ1v) is 6.04. The summed E-state index contributed by atoms with van der Waals surface area (Å²) in [5, 5.41) is 11.5. The summed E-state index contributed by atoms with van der Waals surface area (Å²) in [6.07, 6.45) is 4.28. The topological polar surface area (TPSA) is 88.8 Å². The van der Waals surface area contributed by atoms with Gasteiger partial charge in [-0.2, -0.15) is 0 Å². The molecule has 21 heavy (non-hydrogen) atoms. The SMILES string of the molecule is COc1ccc(C(=O)O)cc1NC(=O)C=Cc1ccco1. The van der Waals surface area contributed by atoms with E-state index < -0.39 is 11.9 Å². The second-order valence-electron chi connectivity index (χ2n) is 4.06. The van der Waals surface area contributed by atoms with Crippen LogP contribution in [0.4, 0.5) is 5.69 Å². The van der Waals surface area contributed by atoms with Crippen molar-refractivity contribution in [3.8, 4) is 5.75 Å². The van der Waals surface area contributed by atoms with Crippen LogP contribution in [0, 0.1) is 0 Å². The van der Waals surface area contributed by atoms with Crippen LogP contribution < -0.4 is 10.1 Å². The number of furan rings is 1. The number of anilines is 1. The number of carboxylic acids is 1. The van der Waals surface area contributed by atoms with Gasteiger partial charge in [-0.15, -0.1) is 0 Å². The number of carboxylic acid groups (broad SMARTS) is 1. The molecule has 0 unspecified atom stereocenters. The number of rotatable bonds is 5. The molecule has 0 bridgehead atoms. The summed E-state index contributed by atoms with van der Waals surface area (Å²) in [6.45, 7) is 0. The molecule has 1 aromatic carbocycles. The van der Waals surface area contributed by atoms with Crippen molar-refractivity contribution < 1.29 is 23.8 Å². The highest BCUT2D eigenvalue weighted by Gasteiger charge is 2.10. The van der Waals surface area contributed by atoms with Crippen molar-refractivity contribution in [2.75, 3.05) is 12.4 Å². The molecule has 2 rings (SSSR count). The van der Waals surface area contributed by atoms with E-state index in [-0.39, 0.29) is 11.3 Å². The van der Waals surface area contributed by atoms with Crippen molar-refractivity contribution in [3.63, 3.8) is 0 Å². The smallest absolute Gasteiger partial charge is 0.335 e. The van der Waals surface area contributed by atoms with E-state index in [4.69, 9.17) is 14.3 Å². The van der Waals surface area contributed by atoms with E-state index in [2.05, 4.69) is 5.32 Å². The Morgan fingerprint density at radius 1 is 1.33 bits per heavy atom. The zero-order valence-corrected chi connectivity index (χ0v) is 11.2. The number of benzene rings is 1. The maximum absolute atomic E-state index is 11.8. The molecule has 0 aliphatic carbocycles. The largest absolute Gasteiger partial charge is 0.495 e. The molecule has 0 radical (unpaired) electrons. The molecule has 6 heteroatoms. The molecule has 0 atom stereocenters. The van der Waals surface area contributed by atoms with Crippen LogP contribution in [0.25, 0.3) is 6.08 Å².